The number of carbonyl (C=O) groups is 1. The van der Waals surface area contributed by atoms with Gasteiger partial charge >= 0.3 is 0 Å². The fourth-order valence-corrected chi connectivity index (χ4v) is 2.54. The van der Waals surface area contributed by atoms with Crippen molar-refractivity contribution in [1.82, 2.24) is 10.6 Å². The Morgan fingerprint density at radius 2 is 2.17 bits per heavy atom. The van der Waals surface area contributed by atoms with Gasteiger partial charge in [0.25, 0.3) is 0 Å². The number of amides is 1. The Kier molecular flexibility index (Phi) is 6.54. The van der Waals surface area contributed by atoms with Gasteiger partial charge in [-0.3, -0.25) is 4.79 Å². The first-order valence-corrected chi connectivity index (χ1v) is 6.92. The standard InChI is InChI=1S/C13H18N2OS.ClH/c1-10-2-4-12(5-3-10)17-9-13(16)15-11-6-7-14-8-11;/h2-5,11,14H,6-9H2,1H3,(H,15,16);1H. The number of carbonyl (C=O) groups excluding carboxylic acids is 1. The first-order chi connectivity index (χ1) is 8.24. The minimum absolute atomic E-state index is 0. The number of thioether (sulfide) groups is 1. The summed E-state index contributed by atoms with van der Waals surface area (Å²) in [4.78, 5) is 12.8. The third-order valence-corrected chi connectivity index (χ3v) is 3.83. The summed E-state index contributed by atoms with van der Waals surface area (Å²) < 4.78 is 0. The van der Waals surface area contributed by atoms with Crippen LogP contribution in [0.3, 0.4) is 0 Å². The van der Waals surface area contributed by atoms with Gasteiger partial charge in [-0.25, -0.2) is 0 Å². The number of benzene rings is 1. The molecule has 0 spiro atoms. The summed E-state index contributed by atoms with van der Waals surface area (Å²) in [6.45, 7) is 3.98. The molecule has 1 heterocycles. The van der Waals surface area contributed by atoms with Crippen molar-refractivity contribution >= 4 is 30.1 Å². The van der Waals surface area contributed by atoms with E-state index in [1.54, 1.807) is 11.8 Å². The number of rotatable bonds is 4. The Morgan fingerprint density at radius 1 is 1.44 bits per heavy atom. The Morgan fingerprint density at radius 3 is 2.78 bits per heavy atom. The van der Waals surface area contributed by atoms with Gasteiger partial charge in [-0.1, -0.05) is 17.7 Å². The van der Waals surface area contributed by atoms with Crippen molar-refractivity contribution in [2.75, 3.05) is 18.8 Å². The summed E-state index contributed by atoms with van der Waals surface area (Å²) in [7, 11) is 0. The molecule has 1 amide bonds. The molecular formula is C13H19ClN2OS. The lowest BCUT2D eigenvalue weighted by Crippen LogP contribution is -2.37. The summed E-state index contributed by atoms with van der Waals surface area (Å²) in [6.07, 6.45) is 1.04. The molecule has 18 heavy (non-hydrogen) atoms. The zero-order valence-electron chi connectivity index (χ0n) is 10.4. The Labute approximate surface area is 119 Å². The van der Waals surface area contributed by atoms with Crippen LogP contribution in [0.2, 0.25) is 0 Å². The lowest BCUT2D eigenvalue weighted by Gasteiger charge is -2.10. The molecule has 100 valence electrons. The molecule has 1 aliphatic heterocycles. The molecular weight excluding hydrogens is 268 g/mol. The van der Waals surface area contributed by atoms with E-state index in [4.69, 9.17) is 0 Å². The quantitative estimate of drug-likeness (QED) is 0.832. The van der Waals surface area contributed by atoms with Gasteiger partial charge in [-0.05, 0) is 32.0 Å². The predicted octanol–water partition coefficient (Wildman–Crippen LogP) is 1.99. The van der Waals surface area contributed by atoms with E-state index in [-0.39, 0.29) is 18.3 Å². The van der Waals surface area contributed by atoms with E-state index >= 15 is 0 Å². The van der Waals surface area contributed by atoms with Crippen LogP contribution in [-0.2, 0) is 4.79 Å². The maximum atomic E-state index is 11.7. The maximum Gasteiger partial charge on any atom is 0.230 e. The molecule has 5 heteroatoms. The summed E-state index contributed by atoms with van der Waals surface area (Å²) in [5, 5.41) is 6.27. The first-order valence-electron chi connectivity index (χ1n) is 5.93. The third-order valence-electron chi connectivity index (χ3n) is 2.82. The minimum Gasteiger partial charge on any atom is -0.351 e. The highest BCUT2D eigenvalue weighted by molar-refractivity contribution is 8.00. The first kappa shape index (κ1) is 15.3. The maximum absolute atomic E-state index is 11.7. The van der Waals surface area contributed by atoms with Crippen LogP contribution in [-0.4, -0.2) is 30.8 Å². The van der Waals surface area contributed by atoms with Crippen LogP contribution in [0.1, 0.15) is 12.0 Å². The predicted molar refractivity (Wildman–Crippen MR) is 78.6 cm³/mol. The lowest BCUT2D eigenvalue weighted by atomic mass is 10.2. The van der Waals surface area contributed by atoms with Crippen LogP contribution in [0.5, 0.6) is 0 Å². The zero-order valence-corrected chi connectivity index (χ0v) is 12.1. The number of halogens is 1. The Bertz CT molecular complexity index is 377. The summed E-state index contributed by atoms with van der Waals surface area (Å²) in [5.74, 6) is 0.629. The molecule has 1 fully saturated rings. The van der Waals surface area contributed by atoms with Crippen LogP contribution in [0, 0.1) is 6.92 Å². The average molecular weight is 287 g/mol. The van der Waals surface area contributed by atoms with E-state index in [0.717, 1.165) is 24.4 Å². The molecule has 0 bridgehead atoms. The fraction of sp³-hybridized carbons (Fsp3) is 0.462. The van der Waals surface area contributed by atoms with Crippen LogP contribution < -0.4 is 10.6 Å². The van der Waals surface area contributed by atoms with Crippen molar-refractivity contribution in [3.63, 3.8) is 0 Å². The van der Waals surface area contributed by atoms with Gasteiger partial charge in [0.05, 0.1) is 5.75 Å². The second kappa shape index (κ2) is 7.67. The molecule has 1 aliphatic rings. The smallest absolute Gasteiger partial charge is 0.230 e. The van der Waals surface area contributed by atoms with Crippen LogP contribution in [0.25, 0.3) is 0 Å². The average Bonchev–Trinajstić information content (AvgIpc) is 2.81. The molecule has 2 N–H and O–H groups in total. The van der Waals surface area contributed by atoms with E-state index in [1.807, 2.05) is 0 Å². The van der Waals surface area contributed by atoms with Gasteiger partial charge in [0, 0.05) is 17.5 Å². The minimum atomic E-state index is 0. The second-order valence-corrected chi connectivity index (χ2v) is 5.41. The SMILES string of the molecule is Cc1ccc(SCC(=O)NC2CCNC2)cc1.Cl. The van der Waals surface area contributed by atoms with Crippen LogP contribution in [0.4, 0.5) is 0 Å². The van der Waals surface area contributed by atoms with Gasteiger partial charge in [0.1, 0.15) is 0 Å². The molecule has 0 aliphatic carbocycles. The van der Waals surface area contributed by atoms with Gasteiger partial charge in [0.2, 0.25) is 5.91 Å². The topological polar surface area (TPSA) is 41.1 Å². The van der Waals surface area contributed by atoms with E-state index in [1.165, 1.54) is 5.56 Å². The van der Waals surface area contributed by atoms with Crippen LogP contribution in [0.15, 0.2) is 29.2 Å². The van der Waals surface area contributed by atoms with Crippen molar-refractivity contribution in [3.8, 4) is 0 Å². The fourth-order valence-electron chi connectivity index (χ4n) is 1.83. The monoisotopic (exact) mass is 286 g/mol. The van der Waals surface area contributed by atoms with Gasteiger partial charge < -0.3 is 10.6 Å². The van der Waals surface area contributed by atoms with Gasteiger partial charge in [-0.2, -0.15) is 0 Å². The number of hydrogen-bond acceptors (Lipinski definition) is 3. The lowest BCUT2D eigenvalue weighted by molar-refractivity contribution is -0.119. The van der Waals surface area contributed by atoms with Crippen molar-refractivity contribution in [1.29, 1.82) is 0 Å². The molecule has 0 saturated carbocycles. The largest absolute Gasteiger partial charge is 0.351 e. The normalized spacial score (nSPS) is 18.2. The summed E-state index contributed by atoms with van der Waals surface area (Å²) in [5.41, 5.74) is 1.25. The molecule has 0 radical (unpaired) electrons. The van der Waals surface area contributed by atoms with E-state index in [0.29, 0.717) is 11.8 Å². The molecule has 1 aromatic rings. The Balaban J connectivity index is 0.00000162. The molecule has 3 nitrogen and oxygen atoms in total. The number of hydrogen-bond donors (Lipinski definition) is 2. The summed E-state index contributed by atoms with van der Waals surface area (Å²) >= 11 is 1.59. The van der Waals surface area contributed by atoms with E-state index < -0.39 is 0 Å². The zero-order chi connectivity index (χ0) is 12.1. The molecule has 2 rings (SSSR count). The molecule has 1 aromatic carbocycles. The van der Waals surface area contributed by atoms with E-state index in [9.17, 15) is 4.79 Å². The highest BCUT2D eigenvalue weighted by atomic mass is 35.5. The third kappa shape index (κ3) is 4.88. The molecule has 0 aromatic heterocycles. The second-order valence-electron chi connectivity index (χ2n) is 4.36. The van der Waals surface area contributed by atoms with Crippen LogP contribution >= 0.6 is 24.2 Å². The molecule has 1 atom stereocenters. The van der Waals surface area contributed by atoms with Crippen molar-refractivity contribution in [2.45, 2.75) is 24.3 Å². The van der Waals surface area contributed by atoms with Crippen molar-refractivity contribution in [3.05, 3.63) is 29.8 Å². The van der Waals surface area contributed by atoms with Gasteiger partial charge in [0.15, 0.2) is 0 Å². The number of nitrogens with one attached hydrogen (secondary N) is 2. The van der Waals surface area contributed by atoms with Crippen molar-refractivity contribution in [2.24, 2.45) is 0 Å². The summed E-state index contributed by atoms with van der Waals surface area (Å²) in [6, 6.07) is 8.58. The number of aryl methyl sites for hydroxylation is 1. The Hall–Kier alpha value is -0.710. The van der Waals surface area contributed by atoms with E-state index in [2.05, 4.69) is 41.8 Å². The van der Waals surface area contributed by atoms with Gasteiger partial charge in [-0.15, -0.1) is 24.2 Å². The highest BCUT2D eigenvalue weighted by Gasteiger charge is 2.16. The highest BCUT2D eigenvalue weighted by Crippen LogP contribution is 2.17. The molecule has 1 saturated heterocycles. The van der Waals surface area contributed by atoms with Crippen molar-refractivity contribution < 1.29 is 4.79 Å². The molecule has 1 unspecified atom stereocenters.